The summed E-state index contributed by atoms with van der Waals surface area (Å²) in [6.07, 6.45) is 0. The summed E-state index contributed by atoms with van der Waals surface area (Å²) in [6.45, 7) is 0. The van der Waals surface area contributed by atoms with Crippen molar-refractivity contribution in [2.75, 3.05) is 5.32 Å². The van der Waals surface area contributed by atoms with Gasteiger partial charge in [0.05, 0.1) is 15.1 Å². The van der Waals surface area contributed by atoms with Gasteiger partial charge < -0.3 is 9.50 Å². The number of hydrogen-bond acceptors (Lipinski definition) is 4. The van der Waals surface area contributed by atoms with Crippen molar-refractivity contribution in [3.05, 3.63) is 87.4 Å². The predicted molar refractivity (Wildman–Crippen MR) is 110 cm³/mol. The molecule has 9 heteroatoms. The summed E-state index contributed by atoms with van der Waals surface area (Å²) >= 11 is 17.7. The van der Waals surface area contributed by atoms with E-state index in [1.807, 2.05) is 0 Å². The maximum Gasteiger partial charge on any atom is 0.340 e. The van der Waals surface area contributed by atoms with Crippen molar-refractivity contribution >= 4 is 56.5 Å². The lowest BCUT2D eigenvalue weighted by Gasteiger charge is -2.11. The van der Waals surface area contributed by atoms with Crippen molar-refractivity contribution in [1.29, 1.82) is 0 Å². The summed E-state index contributed by atoms with van der Waals surface area (Å²) in [7, 11) is -4.27. The number of benzene rings is 3. The van der Waals surface area contributed by atoms with Gasteiger partial charge in [-0.05, 0) is 36.4 Å². The molecule has 0 fully saturated rings. The van der Waals surface area contributed by atoms with Gasteiger partial charge in [0, 0.05) is 17.3 Å². The molecule has 28 heavy (non-hydrogen) atoms. The lowest BCUT2D eigenvalue weighted by molar-refractivity contribution is 0.102. The molecule has 0 unspecified atom stereocenters. The zero-order valence-corrected chi connectivity index (χ0v) is 17.1. The van der Waals surface area contributed by atoms with Crippen molar-refractivity contribution in [2.45, 2.75) is 4.90 Å². The first kappa shape index (κ1) is 20.5. The Bertz CT molecular complexity index is 1140. The fraction of sp³-hybridized carbons (Fsp3) is 0. The lowest BCUT2D eigenvalue weighted by Crippen LogP contribution is -2.13. The van der Waals surface area contributed by atoms with Crippen LogP contribution >= 0.6 is 34.8 Å². The minimum atomic E-state index is -4.27. The topological polar surface area (TPSA) is 72.5 Å². The second-order valence-corrected chi connectivity index (χ2v) is 8.32. The van der Waals surface area contributed by atoms with E-state index >= 15 is 0 Å². The first-order valence-corrected chi connectivity index (χ1v) is 10.4. The number of nitrogens with one attached hydrogen (secondary N) is 1. The second-order valence-electron chi connectivity index (χ2n) is 5.58. The lowest BCUT2D eigenvalue weighted by atomic mass is 10.2. The van der Waals surface area contributed by atoms with Gasteiger partial charge in [0.2, 0.25) is 0 Å². The Hall–Kier alpha value is -2.25. The molecular weight excluding hydrogens is 445 g/mol. The molecule has 0 aromatic heterocycles. The van der Waals surface area contributed by atoms with Crippen LogP contribution in [0, 0.1) is 0 Å². The van der Waals surface area contributed by atoms with Crippen LogP contribution in [0.3, 0.4) is 0 Å². The van der Waals surface area contributed by atoms with Crippen LogP contribution in [0.1, 0.15) is 10.4 Å². The summed E-state index contributed by atoms with van der Waals surface area (Å²) in [5.41, 5.74) is 0.825. The van der Waals surface area contributed by atoms with Gasteiger partial charge in [0.25, 0.3) is 5.91 Å². The number of carbonyl (C=O) groups excluding carboxylic acids is 1. The summed E-state index contributed by atoms with van der Waals surface area (Å²) < 4.78 is 30.2. The van der Waals surface area contributed by atoms with E-state index in [9.17, 15) is 13.2 Å². The minimum Gasteiger partial charge on any atom is -0.379 e. The van der Waals surface area contributed by atoms with E-state index in [4.69, 9.17) is 39.0 Å². The Morgan fingerprint density at radius 3 is 2.21 bits per heavy atom. The zero-order chi connectivity index (χ0) is 20.3. The van der Waals surface area contributed by atoms with Gasteiger partial charge in [-0.2, -0.15) is 8.42 Å². The maximum absolute atomic E-state index is 12.5. The molecule has 144 valence electrons. The molecule has 0 saturated carbocycles. The number of rotatable bonds is 5. The number of hydrogen-bond donors (Lipinski definition) is 1. The third-order valence-electron chi connectivity index (χ3n) is 3.58. The van der Waals surface area contributed by atoms with Gasteiger partial charge in [0.15, 0.2) is 0 Å². The molecule has 0 radical (unpaired) electrons. The van der Waals surface area contributed by atoms with Gasteiger partial charge in [-0.15, -0.1) is 0 Å². The molecule has 1 N–H and O–H groups in total. The molecular formula is C19H12Cl3NO4S. The molecule has 3 aromatic carbocycles. The highest BCUT2D eigenvalue weighted by Gasteiger charge is 2.22. The molecule has 0 spiro atoms. The summed E-state index contributed by atoms with van der Waals surface area (Å²) in [5, 5.41) is 2.70. The number of anilines is 1. The molecule has 0 saturated heterocycles. The van der Waals surface area contributed by atoms with E-state index in [-0.39, 0.29) is 31.6 Å². The fourth-order valence-electron chi connectivity index (χ4n) is 2.29. The predicted octanol–water partition coefficient (Wildman–Crippen LogP) is 5.67. The van der Waals surface area contributed by atoms with Crippen molar-refractivity contribution in [3.63, 3.8) is 0 Å². The maximum atomic E-state index is 12.5. The second kappa shape index (κ2) is 8.41. The Kier molecular flexibility index (Phi) is 6.15. The molecule has 0 bridgehead atoms. The van der Waals surface area contributed by atoms with Crippen molar-refractivity contribution in [1.82, 2.24) is 0 Å². The van der Waals surface area contributed by atoms with E-state index < -0.39 is 10.1 Å². The van der Waals surface area contributed by atoms with E-state index in [1.165, 1.54) is 18.2 Å². The first-order chi connectivity index (χ1) is 13.3. The van der Waals surface area contributed by atoms with Crippen molar-refractivity contribution in [3.8, 4) is 5.75 Å². The van der Waals surface area contributed by atoms with Gasteiger partial charge in [-0.25, -0.2) is 0 Å². The number of halogens is 3. The first-order valence-electron chi connectivity index (χ1n) is 7.82. The number of carbonyl (C=O) groups is 1. The van der Waals surface area contributed by atoms with Gasteiger partial charge in [-0.1, -0.05) is 59.1 Å². The number of amides is 1. The van der Waals surface area contributed by atoms with Gasteiger partial charge in [0.1, 0.15) is 10.6 Å². The highest BCUT2D eigenvalue weighted by Crippen LogP contribution is 2.33. The van der Waals surface area contributed by atoms with Crippen molar-refractivity contribution < 1.29 is 17.4 Å². The zero-order valence-electron chi connectivity index (χ0n) is 14.0. The van der Waals surface area contributed by atoms with Crippen LogP contribution in [0.25, 0.3) is 0 Å². The molecule has 0 atom stereocenters. The van der Waals surface area contributed by atoms with E-state index in [0.717, 1.165) is 6.07 Å². The fourth-order valence-corrected chi connectivity index (χ4v) is 4.19. The van der Waals surface area contributed by atoms with E-state index in [0.29, 0.717) is 11.3 Å². The van der Waals surface area contributed by atoms with Crippen LogP contribution in [0.5, 0.6) is 5.75 Å². The molecule has 0 aliphatic carbocycles. The Morgan fingerprint density at radius 2 is 1.50 bits per heavy atom. The Labute approximate surface area is 176 Å². The SMILES string of the molecule is O=C(Nc1cccc(OS(=O)(=O)c2cc(Cl)c(Cl)cc2Cl)c1)c1ccccc1. The highest BCUT2D eigenvalue weighted by atomic mass is 35.5. The minimum absolute atomic E-state index is 0.00648. The van der Waals surface area contributed by atoms with Crippen LogP contribution in [0.15, 0.2) is 71.6 Å². The van der Waals surface area contributed by atoms with Crippen LogP contribution in [-0.2, 0) is 10.1 Å². The quantitative estimate of drug-likeness (QED) is 0.397. The Balaban J connectivity index is 1.83. The monoisotopic (exact) mass is 455 g/mol. The molecule has 3 rings (SSSR count). The standard InChI is InChI=1S/C19H12Cl3NO4S/c20-15-10-17(22)18(11-16(15)21)28(25,26)27-14-8-4-7-13(9-14)23-19(24)12-5-2-1-3-6-12/h1-11H,(H,23,24). The summed E-state index contributed by atoms with van der Waals surface area (Å²) in [4.78, 5) is 11.9. The van der Waals surface area contributed by atoms with Gasteiger partial charge in [-0.3, -0.25) is 4.79 Å². The summed E-state index contributed by atoms with van der Waals surface area (Å²) in [5.74, 6) is -0.346. The third-order valence-corrected chi connectivity index (χ3v) is 6.01. The molecule has 1 amide bonds. The molecule has 0 aliphatic rings. The largest absolute Gasteiger partial charge is 0.379 e. The van der Waals surface area contributed by atoms with Crippen LogP contribution in [0.4, 0.5) is 5.69 Å². The molecule has 5 nitrogen and oxygen atoms in total. The van der Waals surface area contributed by atoms with Crippen LogP contribution in [0.2, 0.25) is 15.1 Å². The smallest absolute Gasteiger partial charge is 0.340 e. The van der Waals surface area contributed by atoms with E-state index in [1.54, 1.807) is 42.5 Å². The molecule has 0 heterocycles. The normalized spacial score (nSPS) is 11.1. The third kappa shape index (κ3) is 4.77. The average molecular weight is 457 g/mol. The van der Waals surface area contributed by atoms with Crippen LogP contribution < -0.4 is 9.50 Å². The van der Waals surface area contributed by atoms with Crippen molar-refractivity contribution in [2.24, 2.45) is 0 Å². The van der Waals surface area contributed by atoms with Crippen LogP contribution in [-0.4, -0.2) is 14.3 Å². The molecule has 3 aromatic rings. The Morgan fingerprint density at radius 1 is 0.821 bits per heavy atom. The summed E-state index contributed by atoms with van der Waals surface area (Å²) in [6, 6.07) is 16.9. The van der Waals surface area contributed by atoms with E-state index in [2.05, 4.69) is 5.32 Å². The van der Waals surface area contributed by atoms with Gasteiger partial charge >= 0.3 is 10.1 Å². The highest BCUT2D eigenvalue weighted by molar-refractivity contribution is 7.87. The average Bonchev–Trinajstić information content (AvgIpc) is 2.65. The molecule has 0 aliphatic heterocycles.